The maximum Gasteiger partial charge on any atom is 0.227 e. The van der Waals surface area contributed by atoms with Gasteiger partial charge in [0, 0.05) is 31.1 Å². The van der Waals surface area contributed by atoms with Gasteiger partial charge in [-0.25, -0.2) is 4.98 Å². The average Bonchev–Trinajstić information content (AvgIpc) is 3.46. The number of hydrogen-bond acceptors (Lipinski definition) is 4. The molecule has 192 valence electrons. The Morgan fingerprint density at radius 1 is 0.973 bits per heavy atom. The number of aryl methyl sites for hydroxylation is 3. The van der Waals surface area contributed by atoms with Gasteiger partial charge in [0.15, 0.2) is 0 Å². The van der Waals surface area contributed by atoms with Gasteiger partial charge in [-0.15, -0.1) is 0 Å². The quantitative estimate of drug-likeness (QED) is 0.237. The minimum atomic E-state index is 0.0536. The normalized spacial score (nSPS) is 15.5. The topological polar surface area (TPSA) is 56.6 Å². The number of carbonyl (C=O) groups is 1. The third-order valence-electron chi connectivity index (χ3n) is 7.00. The standard InChI is InChI=1S/C31H35N3O3/c1-4-36-26-14-12-25(13-15-26)34-21-24(20-30(34)35)31-32-27-9-5-6-10-28(27)33(31)17-7-8-18-37-29-16-11-22(2)19-23(29)3/h5-6,9-16,19,24H,4,7-8,17-18,20-21H2,1-3H3. The van der Waals surface area contributed by atoms with Crippen LogP contribution in [0.4, 0.5) is 5.69 Å². The van der Waals surface area contributed by atoms with Gasteiger partial charge in [0.1, 0.15) is 17.3 Å². The molecule has 1 aromatic heterocycles. The number of nitrogens with zero attached hydrogens (tertiary/aromatic N) is 3. The van der Waals surface area contributed by atoms with Crippen molar-refractivity contribution in [1.29, 1.82) is 0 Å². The van der Waals surface area contributed by atoms with Gasteiger partial charge in [0.05, 0.1) is 24.2 Å². The summed E-state index contributed by atoms with van der Waals surface area (Å²) in [6.45, 7) is 8.93. The van der Waals surface area contributed by atoms with Crippen LogP contribution in [-0.4, -0.2) is 35.2 Å². The molecule has 0 radical (unpaired) electrons. The van der Waals surface area contributed by atoms with Crippen LogP contribution in [0.2, 0.25) is 0 Å². The minimum Gasteiger partial charge on any atom is -0.494 e. The molecule has 1 aliphatic heterocycles. The van der Waals surface area contributed by atoms with E-state index < -0.39 is 0 Å². The second kappa shape index (κ2) is 11.1. The fraction of sp³-hybridized carbons (Fsp3) is 0.355. The first-order valence-electron chi connectivity index (χ1n) is 13.2. The van der Waals surface area contributed by atoms with E-state index in [1.54, 1.807) is 0 Å². The maximum absolute atomic E-state index is 13.0. The zero-order chi connectivity index (χ0) is 25.8. The zero-order valence-corrected chi connectivity index (χ0v) is 21.9. The molecule has 37 heavy (non-hydrogen) atoms. The molecule has 5 rings (SSSR count). The first-order chi connectivity index (χ1) is 18.0. The predicted molar refractivity (Wildman–Crippen MR) is 148 cm³/mol. The van der Waals surface area contributed by atoms with Crippen molar-refractivity contribution in [2.75, 3.05) is 24.7 Å². The van der Waals surface area contributed by atoms with Gasteiger partial charge in [-0.1, -0.05) is 29.8 Å². The summed E-state index contributed by atoms with van der Waals surface area (Å²) >= 11 is 0. The highest BCUT2D eigenvalue weighted by molar-refractivity contribution is 5.96. The van der Waals surface area contributed by atoms with Crippen LogP contribution in [0.25, 0.3) is 11.0 Å². The van der Waals surface area contributed by atoms with Crippen LogP contribution < -0.4 is 14.4 Å². The van der Waals surface area contributed by atoms with Crippen molar-refractivity contribution >= 4 is 22.6 Å². The lowest BCUT2D eigenvalue weighted by Gasteiger charge is -2.18. The largest absolute Gasteiger partial charge is 0.494 e. The number of para-hydroxylation sites is 2. The molecule has 3 aromatic carbocycles. The fourth-order valence-corrected chi connectivity index (χ4v) is 5.18. The molecule has 1 saturated heterocycles. The van der Waals surface area contributed by atoms with Gasteiger partial charge in [-0.05, 0) is 81.6 Å². The van der Waals surface area contributed by atoms with Crippen LogP contribution in [0, 0.1) is 13.8 Å². The number of amides is 1. The van der Waals surface area contributed by atoms with Gasteiger partial charge in [-0.2, -0.15) is 0 Å². The predicted octanol–water partition coefficient (Wildman–Crippen LogP) is 6.43. The number of aromatic nitrogens is 2. The zero-order valence-electron chi connectivity index (χ0n) is 21.9. The van der Waals surface area contributed by atoms with E-state index in [-0.39, 0.29) is 11.8 Å². The van der Waals surface area contributed by atoms with Gasteiger partial charge >= 0.3 is 0 Å². The van der Waals surface area contributed by atoms with Crippen LogP contribution in [0.3, 0.4) is 0 Å². The highest BCUT2D eigenvalue weighted by Gasteiger charge is 2.34. The van der Waals surface area contributed by atoms with Crippen molar-refractivity contribution in [1.82, 2.24) is 9.55 Å². The van der Waals surface area contributed by atoms with E-state index in [4.69, 9.17) is 14.5 Å². The van der Waals surface area contributed by atoms with Crippen LogP contribution in [0.1, 0.15) is 49.1 Å². The van der Waals surface area contributed by atoms with E-state index in [0.717, 1.165) is 53.4 Å². The van der Waals surface area contributed by atoms with Crippen LogP contribution in [0.15, 0.2) is 66.7 Å². The fourth-order valence-electron chi connectivity index (χ4n) is 5.18. The van der Waals surface area contributed by atoms with E-state index in [0.29, 0.717) is 26.2 Å². The number of benzene rings is 3. The van der Waals surface area contributed by atoms with E-state index in [1.165, 1.54) is 11.1 Å². The van der Waals surface area contributed by atoms with E-state index in [2.05, 4.69) is 54.8 Å². The number of hydrogen-bond donors (Lipinski definition) is 0. The molecule has 1 fully saturated rings. The molecule has 0 spiro atoms. The summed E-state index contributed by atoms with van der Waals surface area (Å²) < 4.78 is 13.9. The first kappa shape index (κ1) is 24.9. The molecule has 6 nitrogen and oxygen atoms in total. The molecule has 0 aliphatic carbocycles. The monoisotopic (exact) mass is 497 g/mol. The highest BCUT2D eigenvalue weighted by atomic mass is 16.5. The molecule has 1 aliphatic rings. The third kappa shape index (κ3) is 5.48. The number of fused-ring (bicyclic) bond motifs is 1. The molecule has 0 N–H and O–H groups in total. The number of ether oxygens (including phenoxy) is 2. The Morgan fingerprint density at radius 3 is 2.57 bits per heavy atom. The lowest BCUT2D eigenvalue weighted by atomic mass is 10.1. The van der Waals surface area contributed by atoms with Crippen molar-refractivity contribution in [3.63, 3.8) is 0 Å². The minimum absolute atomic E-state index is 0.0536. The summed E-state index contributed by atoms with van der Waals surface area (Å²) in [6, 6.07) is 22.3. The highest BCUT2D eigenvalue weighted by Crippen LogP contribution is 2.34. The van der Waals surface area contributed by atoms with Crippen molar-refractivity contribution in [2.24, 2.45) is 0 Å². The molecule has 0 bridgehead atoms. The molecule has 1 unspecified atom stereocenters. The molecular weight excluding hydrogens is 462 g/mol. The molecular formula is C31H35N3O3. The molecule has 0 saturated carbocycles. The molecule has 1 atom stereocenters. The lowest BCUT2D eigenvalue weighted by Crippen LogP contribution is -2.24. The smallest absolute Gasteiger partial charge is 0.227 e. The Hall–Kier alpha value is -3.80. The lowest BCUT2D eigenvalue weighted by molar-refractivity contribution is -0.117. The number of carbonyl (C=O) groups excluding carboxylic acids is 1. The molecule has 6 heteroatoms. The maximum atomic E-state index is 13.0. The van der Waals surface area contributed by atoms with Crippen molar-refractivity contribution < 1.29 is 14.3 Å². The summed E-state index contributed by atoms with van der Waals surface area (Å²) in [5, 5.41) is 0. The molecule has 1 amide bonds. The van der Waals surface area contributed by atoms with Crippen molar-refractivity contribution in [2.45, 2.75) is 52.5 Å². The number of imidazole rings is 1. The number of anilines is 1. The number of rotatable bonds is 10. The second-order valence-electron chi connectivity index (χ2n) is 9.77. The Kier molecular flexibility index (Phi) is 7.45. The summed E-state index contributed by atoms with van der Waals surface area (Å²) in [5.41, 5.74) is 5.43. The average molecular weight is 498 g/mol. The van der Waals surface area contributed by atoms with E-state index in [9.17, 15) is 4.79 Å². The van der Waals surface area contributed by atoms with Crippen LogP contribution in [-0.2, 0) is 11.3 Å². The first-order valence-corrected chi connectivity index (χ1v) is 13.2. The Morgan fingerprint density at radius 2 is 1.78 bits per heavy atom. The van der Waals surface area contributed by atoms with E-state index >= 15 is 0 Å². The van der Waals surface area contributed by atoms with E-state index in [1.807, 2.05) is 42.2 Å². The number of unbranched alkanes of at least 4 members (excludes halogenated alkanes) is 1. The molecule has 2 heterocycles. The van der Waals surface area contributed by atoms with Crippen LogP contribution >= 0.6 is 0 Å². The van der Waals surface area contributed by atoms with Crippen molar-refractivity contribution in [3.8, 4) is 11.5 Å². The SMILES string of the molecule is CCOc1ccc(N2CC(c3nc4ccccc4n3CCCCOc3ccc(C)cc3C)CC2=O)cc1. The van der Waals surface area contributed by atoms with Crippen LogP contribution in [0.5, 0.6) is 11.5 Å². The summed E-state index contributed by atoms with van der Waals surface area (Å²) in [7, 11) is 0. The summed E-state index contributed by atoms with van der Waals surface area (Å²) in [6.07, 6.45) is 2.38. The molecule has 4 aromatic rings. The van der Waals surface area contributed by atoms with Crippen molar-refractivity contribution in [3.05, 3.63) is 83.7 Å². The Balaban J connectivity index is 1.27. The third-order valence-corrected chi connectivity index (χ3v) is 7.00. The van der Waals surface area contributed by atoms with Gasteiger partial charge in [0.2, 0.25) is 5.91 Å². The Labute approximate surface area is 218 Å². The van der Waals surface area contributed by atoms with Gasteiger partial charge < -0.3 is 18.9 Å². The Bertz CT molecular complexity index is 1380. The second-order valence-corrected chi connectivity index (χ2v) is 9.77. The van der Waals surface area contributed by atoms with Gasteiger partial charge in [-0.3, -0.25) is 4.79 Å². The summed E-state index contributed by atoms with van der Waals surface area (Å²) in [5.74, 6) is 2.96. The van der Waals surface area contributed by atoms with Gasteiger partial charge in [0.25, 0.3) is 0 Å². The summed E-state index contributed by atoms with van der Waals surface area (Å²) in [4.78, 5) is 19.9.